The van der Waals surface area contributed by atoms with E-state index in [1.807, 2.05) is 30.1 Å². The van der Waals surface area contributed by atoms with Crippen molar-refractivity contribution in [2.45, 2.75) is 45.4 Å². The number of carbonyl (C=O) groups excluding carboxylic acids is 1. The number of amides is 1. The lowest BCUT2D eigenvalue weighted by Crippen LogP contribution is -2.44. The van der Waals surface area contributed by atoms with Crippen LogP contribution in [0, 0.1) is 0 Å². The third-order valence-corrected chi connectivity index (χ3v) is 5.25. The number of hydrogen-bond acceptors (Lipinski definition) is 3. The van der Waals surface area contributed by atoms with Gasteiger partial charge in [0, 0.05) is 38.8 Å². The first-order valence-corrected chi connectivity index (χ1v) is 10.3. The molecule has 1 heterocycles. The smallest absolute Gasteiger partial charge is 0.253 e. The molecule has 0 aliphatic carbocycles. The number of aryl methyl sites for hydroxylation is 1. The van der Waals surface area contributed by atoms with Gasteiger partial charge in [-0.1, -0.05) is 42.5 Å². The maximum absolute atomic E-state index is 12.7. The maximum Gasteiger partial charge on any atom is 0.253 e. The molecule has 0 saturated carbocycles. The summed E-state index contributed by atoms with van der Waals surface area (Å²) in [6.45, 7) is 7.82. The van der Waals surface area contributed by atoms with Crippen LogP contribution in [0.5, 0.6) is 0 Å². The molecule has 2 aromatic rings. The fourth-order valence-electron chi connectivity index (χ4n) is 3.91. The molecule has 150 valence electrons. The second-order valence-corrected chi connectivity index (χ2v) is 7.96. The summed E-state index contributed by atoms with van der Waals surface area (Å²) < 4.78 is 5.80. The topological polar surface area (TPSA) is 32.8 Å². The normalized spacial score (nSPS) is 20.1. The Morgan fingerprint density at radius 1 is 1.00 bits per heavy atom. The van der Waals surface area contributed by atoms with Gasteiger partial charge in [0.2, 0.25) is 0 Å². The fourth-order valence-corrected chi connectivity index (χ4v) is 3.91. The van der Waals surface area contributed by atoms with Gasteiger partial charge in [-0.2, -0.15) is 0 Å². The molecule has 0 N–H and O–H groups in total. The Kier molecular flexibility index (Phi) is 7.24. The van der Waals surface area contributed by atoms with Crippen molar-refractivity contribution in [2.24, 2.45) is 0 Å². The molecule has 2 unspecified atom stereocenters. The van der Waals surface area contributed by atoms with Gasteiger partial charge in [-0.25, -0.2) is 0 Å². The van der Waals surface area contributed by atoms with E-state index < -0.39 is 0 Å². The van der Waals surface area contributed by atoms with Crippen molar-refractivity contribution >= 4 is 5.91 Å². The number of rotatable bonds is 7. The first-order chi connectivity index (χ1) is 13.5. The monoisotopic (exact) mass is 380 g/mol. The van der Waals surface area contributed by atoms with E-state index in [0.717, 1.165) is 44.6 Å². The van der Waals surface area contributed by atoms with Crippen LogP contribution in [0.4, 0.5) is 0 Å². The lowest BCUT2D eigenvalue weighted by Gasteiger charge is -2.35. The predicted molar refractivity (Wildman–Crippen MR) is 113 cm³/mol. The van der Waals surface area contributed by atoms with Crippen molar-refractivity contribution in [1.82, 2.24) is 9.80 Å². The van der Waals surface area contributed by atoms with Crippen LogP contribution in [0.25, 0.3) is 0 Å². The predicted octanol–water partition coefficient (Wildman–Crippen LogP) is 4.00. The van der Waals surface area contributed by atoms with Crippen LogP contribution in [0.1, 0.15) is 41.8 Å². The van der Waals surface area contributed by atoms with Crippen LogP contribution in [-0.2, 0) is 17.7 Å². The zero-order chi connectivity index (χ0) is 19.9. The van der Waals surface area contributed by atoms with E-state index in [4.69, 9.17) is 4.74 Å². The van der Waals surface area contributed by atoms with Gasteiger partial charge in [-0.15, -0.1) is 0 Å². The van der Waals surface area contributed by atoms with Gasteiger partial charge in [-0.05, 0) is 49.9 Å². The molecule has 1 aliphatic rings. The molecule has 0 radical (unpaired) electrons. The van der Waals surface area contributed by atoms with Crippen molar-refractivity contribution < 1.29 is 9.53 Å². The zero-order valence-electron chi connectivity index (χ0n) is 17.3. The zero-order valence-corrected chi connectivity index (χ0v) is 17.3. The molecule has 0 spiro atoms. The van der Waals surface area contributed by atoms with Crippen molar-refractivity contribution in [3.8, 4) is 0 Å². The summed E-state index contributed by atoms with van der Waals surface area (Å²) >= 11 is 0. The standard InChI is InChI=1S/C24H32N2O2/c1-19-16-26(17-20(2)28-19)18-22-11-13-23(14-12-22)24(27)25(3)15-7-10-21-8-5-4-6-9-21/h4-6,8-9,11-14,19-20H,7,10,15-18H2,1-3H3. The van der Waals surface area contributed by atoms with Gasteiger partial charge < -0.3 is 9.64 Å². The molecule has 2 aromatic carbocycles. The van der Waals surface area contributed by atoms with Crippen molar-refractivity contribution in [2.75, 3.05) is 26.7 Å². The maximum atomic E-state index is 12.7. The van der Waals surface area contributed by atoms with E-state index in [1.165, 1.54) is 11.1 Å². The van der Waals surface area contributed by atoms with Crippen molar-refractivity contribution in [3.63, 3.8) is 0 Å². The van der Waals surface area contributed by atoms with E-state index >= 15 is 0 Å². The molecular weight excluding hydrogens is 348 g/mol. The van der Waals surface area contributed by atoms with Gasteiger partial charge in [-0.3, -0.25) is 9.69 Å². The fraction of sp³-hybridized carbons (Fsp3) is 0.458. The van der Waals surface area contributed by atoms with Crippen LogP contribution >= 0.6 is 0 Å². The molecule has 4 heteroatoms. The Morgan fingerprint density at radius 2 is 1.64 bits per heavy atom. The van der Waals surface area contributed by atoms with Crippen LogP contribution in [0.3, 0.4) is 0 Å². The number of morpholine rings is 1. The average Bonchev–Trinajstić information content (AvgIpc) is 2.68. The summed E-state index contributed by atoms with van der Waals surface area (Å²) in [6.07, 6.45) is 2.51. The lowest BCUT2D eigenvalue weighted by molar-refractivity contribution is -0.0704. The largest absolute Gasteiger partial charge is 0.373 e. The van der Waals surface area contributed by atoms with E-state index in [-0.39, 0.29) is 18.1 Å². The Morgan fingerprint density at radius 3 is 2.29 bits per heavy atom. The summed E-state index contributed by atoms with van der Waals surface area (Å²) in [4.78, 5) is 16.9. The number of benzene rings is 2. The third-order valence-electron chi connectivity index (χ3n) is 5.25. The van der Waals surface area contributed by atoms with E-state index in [0.29, 0.717) is 0 Å². The molecule has 4 nitrogen and oxygen atoms in total. The highest BCUT2D eigenvalue weighted by Crippen LogP contribution is 2.15. The summed E-state index contributed by atoms with van der Waals surface area (Å²) in [6, 6.07) is 18.5. The molecular formula is C24H32N2O2. The molecule has 2 atom stereocenters. The minimum atomic E-state index is 0.0910. The van der Waals surface area contributed by atoms with Crippen LogP contribution in [-0.4, -0.2) is 54.6 Å². The van der Waals surface area contributed by atoms with Crippen molar-refractivity contribution in [1.29, 1.82) is 0 Å². The molecule has 1 amide bonds. The second kappa shape index (κ2) is 9.85. The Balaban J connectivity index is 1.48. The SMILES string of the molecule is CC1CN(Cc2ccc(C(=O)N(C)CCCc3ccccc3)cc2)CC(C)O1. The highest BCUT2D eigenvalue weighted by Gasteiger charge is 2.22. The van der Waals surface area contributed by atoms with E-state index in [2.05, 4.69) is 55.1 Å². The van der Waals surface area contributed by atoms with Crippen LogP contribution in [0.15, 0.2) is 54.6 Å². The molecule has 0 aromatic heterocycles. The lowest BCUT2D eigenvalue weighted by atomic mass is 10.1. The van der Waals surface area contributed by atoms with E-state index in [1.54, 1.807) is 0 Å². The minimum Gasteiger partial charge on any atom is -0.373 e. The average molecular weight is 381 g/mol. The summed E-state index contributed by atoms with van der Waals surface area (Å²) in [5.74, 6) is 0.0910. The summed E-state index contributed by atoms with van der Waals surface area (Å²) in [7, 11) is 1.89. The van der Waals surface area contributed by atoms with Gasteiger partial charge in [0.15, 0.2) is 0 Å². The molecule has 1 saturated heterocycles. The third kappa shape index (κ3) is 5.91. The highest BCUT2D eigenvalue weighted by molar-refractivity contribution is 5.94. The number of ether oxygens (including phenoxy) is 1. The van der Waals surface area contributed by atoms with Crippen LogP contribution in [0.2, 0.25) is 0 Å². The molecule has 3 rings (SSSR count). The Labute approximate surface area is 169 Å². The second-order valence-electron chi connectivity index (χ2n) is 7.96. The Bertz CT molecular complexity index is 735. The molecule has 0 bridgehead atoms. The minimum absolute atomic E-state index is 0.0910. The number of hydrogen-bond donors (Lipinski definition) is 0. The first kappa shape index (κ1) is 20.6. The van der Waals surface area contributed by atoms with Crippen molar-refractivity contribution in [3.05, 3.63) is 71.3 Å². The summed E-state index contributed by atoms with van der Waals surface area (Å²) in [5.41, 5.74) is 3.32. The van der Waals surface area contributed by atoms with Gasteiger partial charge in [0.1, 0.15) is 0 Å². The van der Waals surface area contributed by atoms with Gasteiger partial charge in [0.25, 0.3) is 5.91 Å². The van der Waals surface area contributed by atoms with E-state index in [9.17, 15) is 4.79 Å². The molecule has 1 aliphatic heterocycles. The highest BCUT2D eigenvalue weighted by atomic mass is 16.5. The molecule has 1 fully saturated rings. The van der Waals surface area contributed by atoms with Gasteiger partial charge >= 0.3 is 0 Å². The summed E-state index contributed by atoms with van der Waals surface area (Å²) in [5, 5.41) is 0. The van der Waals surface area contributed by atoms with Gasteiger partial charge in [0.05, 0.1) is 12.2 Å². The number of nitrogens with zero attached hydrogens (tertiary/aromatic N) is 2. The Hall–Kier alpha value is -2.17. The van der Waals surface area contributed by atoms with Crippen LogP contribution < -0.4 is 0 Å². The quantitative estimate of drug-likeness (QED) is 0.728. The first-order valence-electron chi connectivity index (χ1n) is 10.3. The number of carbonyl (C=O) groups is 1. The molecule has 28 heavy (non-hydrogen) atoms.